The van der Waals surface area contributed by atoms with Gasteiger partial charge in [-0.2, -0.15) is 13.2 Å². The number of nitrogens with zero attached hydrogens (tertiary/aromatic N) is 1. The molecule has 1 aliphatic heterocycles. The summed E-state index contributed by atoms with van der Waals surface area (Å²) in [6.07, 6.45) is -4.76. The Labute approximate surface area is 174 Å². The van der Waals surface area contributed by atoms with E-state index in [0.717, 1.165) is 12.1 Å². The first-order valence-corrected chi connectivity index (χ1v) is 9.93. The van der Waals surface area contributed by atoms with Crippen molar-refractivity contribution in [2.24, 2.45) is 11.8 Å². The first-order valence-electron chi connectivity index (χ1n) is 9.55. The Morgan fingerprint density at radius 3 is 2.63 bits per heavy atom. The number of nitrogens with one attached hydrogen (secondary N) is 2. The number of hydrogen-bond acceptors (Lipinski definition) is 2. The zero-order valence-corrected chi connectivity index (χ0v) is 16.8. The second kappa shape index (κ2) is 8.56. The second-order valence-corrected chi connectivity index (χ2v) is 8.04. The van der Waals surface area contributed by atoms with Gasteiger partial charge in [0.2, 0.25) is 5.91 Å². The Bertz CT molecular complexity index is 835. The average molecular weight is 454 g/mol. The summed E-state index contributed by atoms with van der Waals surface area (Å²) >= 11 is 5.66. The third-order valence-corrected chi connectivity index (χ3v) is 6.19. The van der Waals surface area contributed by atoms with Gasteiger partial charge < -0.3 is 15.5 Å². The first-order chi connectivity index (χ1) is 14.0. The maximum absolute atomic E-state index is 14.7. The molecule has 30 heavy (non-hydrogen) atoms. The number of carbonyl (C=O) groups excluding carboxylic acids is 2. The van der Waals surface area contributed by atoms with Gasteiger partial charge in [-0.1, -0.05) is 17.7 Å². The van der Waals surface area contributed by atoms with Crippen LogP contribution in [0.2, 0.25) is 5.02 Å². The van der Waals surface area contributed by atoms with E-state index in [9.17, 15) is 31.5 Å². The first kappa shape index (κ1) is 22.6. The molecular formula is C19H21ClF5N3O2. The van der Waals surface area contributed by atoms with Gasteiger partial charge in [0.15, 0.2) is 0 Å². The fourth-order valence-corrected chi connectivity index (χ4v) is 4.29. The highest BCUT2D eigenvalue weighted by Gasteiger charge is 2.47. The van der Waals surface area contributed by atoms with Crippen LogP contribution in [-0.4, -0.2) is 42.1 Å². The van der Waals surface area contributed by atoms with Gasteiger partial charge in [-0.15, -0.1) is 0 Å². The van der Waals surface area contributed by atoms with Gasteiger partial charge in [0.05, 0.1) is 12.0 Å². The fourth-order valence-electron chi connectivity index (χ4n) is 4.12. The van der Waals surface area contributed by atoms with Crippen molar-refractivity contribution >= 4 is 23.5 Å². The topological polar surface area (TPSA) is 61.4 Å². The van der Waals surface area contributed by atoms with Crippen molar-refractivity contribution in [3.8, 4) is 0 Å². The van der Waals surface area contributed by atoms with E-state index in [1.54, 1.807) is 0 Å². The van der Waals surface area contributed by atoms with Gasteiger partial charge in [-0.05, 0) is 38.2 Å². The standard InChI is InChI=1S/C19H21ClF5N3O2/c1-9-17(29)26-6-7-28(9)18(30)27-16(10-2-3-11(8-10)19(23,24)25)12-4-5-13(21)14(20)15(12)22/h4-5,9-11,16H,2-3,6-8H2,1H3,(H,26,29)(H,27,30)/t9-,10+,11-,16-/m1/s1. The molecule has 11 heteroatoms. The molecule has 0 unspecified atom stereocenters. The molecule has 2 fully saturated rings. The summed E-state index contributed by atoms with van der Waals surface area (Å²) in [5, 5.41) is 4.38. The lowest BCUT2D eigenvalue weighted by Crippen LogP contribution is -2.58. The summed E-state index contributed by atoms with van der Waals surface area (Å²) in [6.45, 7) is 1.92. The molecule has 0 bridgehead atoms. The largest absolute Gasteiger partial charge is 0.391 e. The highest BCUT2D eigenvalue weighted by molar-refractivity contribution is 6.31. The summed E-state index contributed by atoms with van der Waals surface area (Å²) in [6, 6.07) is -0.674. The van der Waals surface area contributed by atoms with Crippen LogP contribution in [0.5, 0.6) is 0 Å². The molecule has 1 aromatic rings. The monoisotopic (exact) mass is 453 g/mol. The predicted molar refractivity (Wildman–Crippen MR) is 98.7 cm³/mol. The Morgan fingerprint density at radius 1 is 1.30 bits per heavy atom. The number of hydrogen-bond donors (Lipinski definition) is 2. The molecule has 1 aromatic carbocycles. The van der Waals surface area contributed by atoms with Crippen LogP contribution in [-0.2, 0) is 4.79 Å². The zero-order valence-electron chi connectivity index (χ0n) is 16.0. The van der Waals surface area contributed by atoms with E-state index in [1.165, 1.54) is 11.8 Å². The number of rotatable bonds is 3. The van der Waals surface area contributed by atoms with Gasteiger partial charge in [0, 0.05) is 18.7 Å². The molecule has 2 N–H and O–H groups in total. The molecule has 0 radical (unpaired) electrons. The van der Waals surface area contributed by atoms with Crippen molar-refractivity contribution in [2.75, 3.05) is 13.1 Å². The van der Waals surface area contributed by atoms with Gasteiger partial charge in [0.25, 0.3) is 0 Å². The van der Waals surface area contributed by atoms with E-state index < -0.39 is 52.8 Å². The summed E-state index contributed by atoms with van der Waals surface area (Å²) < 4.78 is 67.8. The average Bonchev–Trinajstić information content (AvgIpc) is 3.17. The predicted octanol–water partition coefficient (Wildman–Crippen LogP) is 4.17. The molecule has 3 rings (SSSR count). The lowest BCUT2D eigenvalue weighted by atomic mass is 9.90. The van der Waals surface area contributed by atoms with Crippen LogP contribution in [0.3, 0.4) is 0 Å². The van der Waals surface area contributed by atoms with Gasteiger partial charge in [0.1, 0.15) is 22.7 Å². The van der Waals surface area contributed by atoms with E-state index in [2.05, 4.69) is 10.6 Å². The smallest absolute Gasteiger partial charge is 0.353 e. The third kappa shape index (κ3) is 4.48. The number of alkyl halides is 3. The van der Waals surface area contributed by atoms with Crippen molar-refractivity contribution in [2.45, 2.75) is 44.4 Å². The lowest BCUT2D eigenvalue weighted by Gasteiger charge is -2.35. The molecule has 1 saturated heterocycles. The fraction of sp³-hybridized carbons (Fsp3) is 0.579. The normalized spacial score (nSPS) is 25.8. The van der Waals surface area contributed by atoms with E-state index in [-0.39, 0.29) is 43.8 Å². The number of benzene rings is 1. The molecule has 5 nitrogen and oxygen atoms in total. The van der Waals surface area contributed by atoms with Gasteiger partial charge in [-0.3, -0.25) is 4.79 Å². The maximum atomic E-state index is 14.7. The van der Waals surface area contributed by atoms with Crippen LogP contribution in [0.4, 0.5) is 26.7 Å². The van der Waals surface area contributed by atoms with Gasteiger partial charge in [-0.25, -0.2) is 13.6 Å². The maximum Gasteiger partial charge on any atom is 0.391 e. The summed E-state index contributed by atoms with van der Waals surface area (Å²) in [4.78, 5) is 25.9. The molecule has 0 aromatic heterocycles. The van der Waals surface area contributed by atoms with Crippen molar-refractivity contribution in [1.82, 2.24) is 15.5 Å². The summed E-state index contributed by atoms with van der Waals surface area (Å²) in [7, 11) is 0. The van der Waals surface area contributed by atoms with Crippen molar-refractivity contribution in [3.05, 3.63) is 34.4 Å². The quantitative estimate of drug-likeness (QED) is 0.533. The minimum absolute atomic E-state index is 0.0968. The molecular weight excluding hydrogens is 433 g/mol. The minimum atomic E-state index is -4.40. The van der Waals surface area contributed by atoms with E-state index in [1.807, 2.05) is 0 Å². The van der Waals surface area contributed by atoms with Crippen molar-refractivity contribution in [3.63, 3.8) is 0 Å². The highest BCUT2D eigenvalue weighted by Crippen LogP contribution is 2.46. The van der Waals surface area contributed by atoms with Crippen LogP contribution >= 0.6 is 11.6 Å². The number of piperazine rings is 1. The Balaban J connectivity index is 1.90. The van der Waals surface area contributed by atoms with E-state index >= 15 is 0 Å². The Hall–Kier alpha value is -2.10. The van der Waals surface area contributed by atoms with E-state index in [4.69, 9.17) is 11.6 Å². The number of halogens is 6. The minimum Gasteiger partial charge on any atom is -0.353 e. The molecule has 1 heterocycles. The Kier molecular flexibility index (Phi) is 6.45. The van der Waals surface area contributed by atoms with Crippen LogP contribution in [0.25, 0.3) is 0 Å². The molecule has 3 amide bonds. The number of carbonyl (C=O) groups is 2. The molecule has 1 saturated carbocycles. The van der Waals surface area contributed by atoms with Crippen molar-refractivity contribution in [1.29, 1.82) is 0 Å². The highest BCUT2D eigenvalue weighted by atomic mass is 35.5. The molecule has 166 valence electrons. The number of amides is 3. The van der Waals surface area contributed by atoms with E-state index in [0.29, 0.717) is 0 Å². The SMILES string of the molecule is C[C@@H]1C(=O)NCCN1C(=O)N[C@@H](c1ccc(F)c(Cl)c1F)[C@H]1CC[C@@H](C(F)(F)F)C1. The number of urea groups is 1. The molecule has 4 atom stereocenters. The third-order valence-electron chi connectivity index (χ3n) is 5.85. The van der Waals surface area contributed by atoms with Crippen molar-refractivity contribution < 1.29 is 31.5 Å². The van der Waals surface area contributed by atoms with Gasteiger partial charge >= 0.3 is 12.2 Å². The van der Waals surface area contributed by atoms with Crippen LogP contribution in [0.1, 0.15) is 37.8 Å². The zero-order chi connectivity index (χ0) is 22.2. The Morgan fingerprint density at radius 2 is 2.00 bits per heavy atom. The summed E-state index contributed by atoms with van der Waals surface area (Å²) in [5.41, 5.74) is -0.184. The molecule has 0 spiro atoms. The van der Waals surface area contributed by atoms with Crippen LogP contribution in [0.15, 0.2) is 12.1 Å². The van der Waals surface area contributed by atoms with Crippen LogP contribution < -0.4 is 10.6 Å². The lowest BCUT2D eigenvalue weighted by molar-refractivity contribution is -0.173. The second-order valence-electron chi connectivity index (χ2n) is 7.66. The summed E-state index contributed by atoms with van der Waals surface area (Å²) in [5.74, 6) is -4.81. The molecule has 1 aliphatic carbocycles. The molecule has 2 aliphatic rings. The van der Waals surface area contributed by atoms with Crippen LogP contribution in [0, 0.1) is 23.5 Å².